The smallest absolute Gasteiger partial charge is 0.239 e. The summed E-state index contributed by atoms with van der Waals surface area (Å²) < 4.78 is 24.5. The maximum atomic E-state index is 12.4. The summed E-state index contributed by atoms with van der Waals surface area (Å²) in [6, 6.07) is 2.26. The Morgan fingerprint density at radius 1 is 1.35 bits per heavy atom. The molecule has 1 aromatic rings. The highest BCUT2D eigenvalue weighted by molar-refractivity contribution is 7.88. The van der Waals surface area contributed by atoms with Crippen LogP contribution in [0.15, 0.2) is 0 Å². The summed E-state index contributed by atoms with van der Waals surface area (Å²) in [7, 11) is -3.17. The van der Waals surface area contributed by atoms with Crippen LogP contribution < -0.4 is 5.32 Å². The minimum Gasteiger partial charge on any atom is -0.315 e. The number of amides is 1. The van der Waals surface area contributed by atoms with Gasteiger partial charge in [-0.3, -0.25) is 9.69 Å². The Labute approximate surface area is 158 Å². The summed E-state index contributed by atoms with van der Waals surface area (Å²) in [6.45, 7) is 4.29. The van der Waals surface area contributed by atoms with Crippen molar-refractivity contribution in [2.24, 2.45) is 5.92 Å². The first-order chi connectivity index (χ1) is 12.3. The van der Waals surface area contributed by atoms with Crippen molar-refractivity contribution >= 4 is 32.3 Å². The molecule has 0 radical (unpaired) electrons. The predicted molar refractivity (Wildman–Crippen MR) is 102 cm³/mol. The molecular formula is C17H24N4O3S2. The van der Waals surface area contributed by atoms with E-state index in [-0.39, 0.29) is 12.5 Å². The molecule has 0 aromatic carbocycles. The SMILES string of the molecule is CC1CCc2c(sc(NC(=O)CN3CCN(S(C)(=O)=O)CC3)c2C#N)C1. The topological polar surface area (TPSA) is 93.5 Å². The number of carbonyl (C=O) groups excluding carboxylic acids is 1. The Morgan fingerprint density at radius 2 is 2.04 bits per heavy atom. The number of nitriles is 1. The van der Waals surface area contributed by atoms with E-state index in [2.05, 4.69) is 18.3 Å². The van der Waals surface area contributed by atoms with Crippen molar-refractivity contribution in [3.05, 3.63) is 16.0 Å². The zero-order valence-electron chi connectivity index (χ0n) is 15.1. The molecule has 1 saturated heterocycles. The molecule has 1 fully saturated rings. The summed E-state index contributed by atoms with van der Waals surface area (Å²) in [5, 5.41) is 13.1. The molecule has 0 bridgehead atoms. The highest BCUT2D eigenvalue weighted by Gasteiger charge is 2.27. The molecule has 1 aliphatic heterocycles. The molecule has 1 aromatic heterocycles. The third-order valence-electron chi connectivity index (χ3n) is 5.04. The number of fused-ring (bicyclic) bond motifs is 1. The summed E-state index contributed by atoms with van der Waals surface area (Å²) >= 11 is 1.52. The Bertz CT molecular complexity index is 833. The van der Waals surface area contributed by atoms with Crippen LogP contribution in [0.25, 0.3) is 0 Å². The van der Waals surface area contributed by atoms with Gasteiger partial charge in [0.25, 0.3) is 0 Å². The van der Waals surface area contributed by atoms with Gasteiger partial charge in [-0.2, -0.15) is 9.57 Å². The van der Waals surface area contributed by atoms with Gasteiger partial charge in [-0.05, 0) is 30.7 Å². The maximum Gasteiger partial charge on any atom is 0.239 e. The van der Waals surface area contributed by atoms with Gasteiger partial charge < -0.3 is 5.32 Å². The van der Waals surface area contributed by atoms with Gasteiger partial charge in [-0.15, -0.1) is 11.3 Å². The van der Waals surface area contributed by atoms with Crippen LogP contribution in [0, 0.1) is 17.2 Å². The van der Waals surface area contributed by atoms with E-state index in [9.17, 15) is 18.5 Å². The molecule has 1 N–H and O–H groups in total. The van der Waals surface area contributed by atoms with Crippen LogP contribution in [-0.2, 0) is 27.7 Å². The lowest BCUT2D eigenvalue weighted by atomic mass is 9.89. The number of carbonyl (C=O) groups is 1. The number of hydrogen-bond donors (Lipinski definition) is 1. The maximum absolute atomic E-state index is 12.4. The molecule has 0 saturated carbocycles. The molecule has 1 amide bonds. The first kappa shape index (κ1) is 19.3. The third kappa shape index (κ3) is 4.26. The Balaban J connectivity index is 1.60. The van der Waals surface area contributed by atoms with E-state index in [1.807, 2.05) is 4.90 Å². The minimum atomic E-state index is -3.17. The zero-order chi connectivity index (χ0) is 18.9. The van der Waals surface area contributed by atoms with Crippen LogP contribution >= 0.6 is 11.3 Å². The summed E-state index contributed by atoms with van der Waals surface area (Å²) in [4.78, 5) is 15.6. The van der Waals surface area contributed by atoms with Crippen molar-refractivity contribution in [1.29, 1.82) is 5.26 Å². The van der Waals surface area contributed by atoms with E-state index in [0.29, 0.717) is 42.7 Å². The van der Waals surface area contributed by atoms with Gasteiger partial charge in [-0.1, -0.05) is 6.92 Å². The van der Waals surface area contributed by atoms with E-state index in [1.165, 1.54) is 26.8 Å². The number of thiophene rings is 1. The fourth-order valence-electron chi connectivity index (χ4n) is 3.55. The Morgan fingerprint density at radius 3 is 2.65 bits per heavy atom. The average Bonchev–Trinajstić information content (AvgIpc) is 2.90. The highest BCUT2D eigenvalue weighted by Crippen LogP contribution is 2.39. The third-order valence-corrected chi connectivity index (χ3v) is 7.52. The van der Waals surface area contributed by atoms with Gasteiger partial charge in [0.15, 0.2) is 0 Å². The number of nitrogens with one attached hydrogen (secondary N) is 1. The predicted octanol–water partition coefficient (Wildman–Crippen LogP) is 1.26. The van der Waals surface area contributed by atoms with Crippen molar-refractivity contribution in [3.8, 4) is 6.07 Å². The van der Waals surface area contributed by atoms with Gasteiger partial charge in [0.05, 0.1) is 18.4 Å². The van der Waals surface area contributed by atoms with E-state index < -0.39 is 10.0 Å². The molecule has 0 spiro atoms. The van der Waals surface area contributed by atoms with Crippen LogP contribution in [0.4, 0.5) is 5.00 Å². The molecule has 1 unspecified atom stereocenters. The lowest BCUT2D eigenvalue weighted by Crippen LogP contribution is -2.50. The average molecular weight is 397 g/mol. The van der Waals surface area contributed by atoms with Gasteiger partial charge in [0.2, 0.25) is 15.9 Å². The second kappa shape index (κ2) is 7.64. The van der Waals surface area contributed by atoms with Crippen molar-refractivity contribution < 1.29 is 13.2 Å². The molecule has 142 valence electrons. The molecule has 2 heterocycles. The molecule has 26 heavy (non-hydrogen) atoms. The lowest BCUT2D eigenvalue weighted by Gasteiger charge is -2.32. The van der Waals surface area contributed by atoms with E-state index >= 15 is 0 Å². The van der Waals surface area contributed by atoms with Crippen LogP contribution in [0.2, 0.25) is 0 Å². The zero-order valence-corrected chi connectivity index (χ0v) is 16.8. The number of piperazine rings is 1. The second-order valence-electron chi connectivity index (χ2n) is 7.15. The monoisotopic (exact) mass is 396 g/mol. The Kier molecular flexibility index (Phi) is 5.67. The number of hydrogen-bond acceptors (Lipinski definition) is 6. The molecule has 3 rings (SSSR count). The normalized spacial score (nSPS) is 21.8. The molecular weight excluding hydrogens is 372 g/mol. The lowest BCUT2D eigenvalue weighted by molar-refractivity contribution is -0.117. The summed E-state index contributed by atoms with van der Waals surface area (Å²) in [6.07, 6.45) is 4.16. The largest absolute Gasteiger partial charge is 0.315 e. The van der Waals surface area contributed by atoms with Gasteiger partial charge in [0, 0.05) is 31.1 Å². The number of sulfonamides is 1. The molecule has 7 nitrogen and oxygen atoms in total. The van der Waals surface area contributed by atoms with Crippen LogP contribution in [0.5, 0.6) is 0 Å². The number of rotatable bonds is 4. The van der Waals surface area contributed by atoms with Crippen molar-refractivity contribution in [2.75, 3.05) is 44.3 Å². The van der Waals surface area contributed by atoms with E-state index in [1.54, 1.807) is 0 Å². The van der Waals surface area contributed by atoms with Gasteiger partial charge >= 0.3 is 0 Å². The number of nitrogens with zero attached hydrogens (tertiary/aromatic N) is 3. The molecule has 1 atom stereocenters. The van der Waals surface area contributed by atoms with E-state index in [4.69, 9.17) is 0 Å². The van der Waals surface area contributed by atoms with Crippen LogP contribution in [0.1, 0.15) is 29.3 Å². The highest BCUT2D eigenvalue weighted by atomic mass is 32.2. The van der Waals surface area contributed by atoms with Crippen molar-refractivity contribution in [2.45, 2.75) is 26.2 Å². The second-order valence-corrected chi connectivity index (χ2v) is 10.2. The first-order valence-corrected chi connectivity index (χ1v) is 11.5. The standard InChI is InChI=1S/C17H24N4O3S2/c1-12-3-4-13-14(10-18)17(25-15(13)9-12)19-16(22)11-20-5-7-21(8-6-20)26(2,23)24/h12H,3-9,11H2,1-2H3,(H,19,22). The molecule has 9 heteroatoms. The fraction of sp³-hybridized carbons (Fsp3) is 0.647. The van der Waals surface area contributed by atoms with Gasteiger partial charge in [0.1, 0.15) is 11.1 Å². The van der Waals surface area contributed by atoms with Gasteiger partial charge in [-0.25, -0.2) is 8.42 Å². The Hall–Kier alpha value is -1.47. The summed E-state index contributed by atoms with van der Waals surface area (Å²) in [5.41, 5.74) is 1.72. The van der Waals surface area contributed by atoms with Crippen LogP contribution in [-0.4, -0.2) is 62.5 Å². The molecule has 2 aliphatic rings. The number of anilines is 1. The van der Waals surface area contributed by atoms with Crippen LogP contribution in [0.3, 0.4) is 0 Å². The van der Waals surface area contributed by atoms with Crippen molar-refractivity contribution in [3.63, 3.8) is 0 Å². The first-order valence-electron chi connectivity index (χ1n) is 8.80. The molecule has 1 aliphatic carbocycles. The quantitative estimate of drug-likeness (QED) is 0.827. The summed E-state index contributed by atoms with van der Waals surface area (Å²) in [5.74, 6) is 0.461. The van der Waals surface area contributed by atoms with Crippen molar-refractivity contribution in [1.82, 2.24) is 9.21 Å². The fourth-order valence-corrected chi connectivity index (χ4v) is 5.75. The minimum absolute atomic E-state index is 0.152. The van der Waals surface area contributed by atoms with E-state index in [0.717, 1.165) is 24.8 Å².